The van der Waals surface area contributed by atoms with Gasteiger partial charge in [-0.2, -0.15) is 0 Å². The molecule has 0 fully saturated rings. The van der Waals surface area contributed by atoms with Crippen molar-refractivity contribution in [2.45, 2.75) is 75.8 Å². The fourth-order valence-electron chi connectivity index (χ4n) is 8.56. The lowest BCUT2D eigenvalue weighted by Gasteiger charge is -2.39. The second-order valence-corrected chi connectivity index (χ2v) is 18.0. The fraction of sp³-hybridized carbons (Fsp3) is 0.327. The molecule has 0 bridgehead atoms. The molecule has 6 N–H and O–H groups in total. The third-order valence-electron chi connectivity index (χ3n) is 11.8. The number of primary amides is 1. The van der Waals surface area contributed by atoms with Gasteiger partial charge in [-0.15, -0.1) is 11.3 Å². The third-order valence-corrected chi connectivity index (χ3v) is 12.8. The lowest BCUT2D eigenvalue weighted by molar-refractivity contribution is 0.0327. The van der Waals surface area contributed by atoms with Gasteiger partial charge < -0.3 is 20.8 Å². The molecular weight excluding hydrogens is 819 g/mol. The van der Waals surface area contributed by atoms with Crippen LogP contribution < -0.4 is 16.4 Å². The molecule has 6 aromatic rings. The van der Waals surface area contributed by atoms with E-state index in [1.807, 2.05) is 172 Å². The minimum Gasteiger partial charge on any atom is -0.389 e. The molecule has 336 valence electrons. The number of aryl methyl sites for hydroxylation is 1. The molecule has 6 rings (SSSR count). The normalized spacial score (nSPS) is 14.5. The second-order valence-electron chi connectivity index (χ2n) is 17.0. The van der Waals surface area contributed by atoms with Crippen molar-refractivity contribution in [2.75, 3.05) is 35.2 Å². The number of nitrogens with one attached hydrogen (secondary N) is 2. The number of nitrogens with zero attached hydrogens (tertiary/aromatic N) is 4. The molecule has 0 spiro atoms. The van der Waals surface area contributed by atoms with Gasteiger partial charge in [0.1, 0.15) is 5.01 Å². The molecule has 1 aromatic heterocycles. The Morgan fingerprint density at radius 2 is 1.08 bits per heavy atom. The molecule has 0 radical (unpaired) electrons. The highest BCUT2D eigenvalue weighted by atomic mass is 32.1. The number of benzene rings is 5. The van der Waals surface area contributed by atoms with Crippen molar-refractivity contribution in [3.05, 3.63) is 194 Å². The molecule has 1 heterocycles. The van der Waals surface area contributed by atoms with Crippen LogP contribution >= 0.6 is 11.3 Å². The molecule has 0 aliphatic rings. The molecule has 6 atom stereocenters. The van der Waals surface area contributed by atoms with Crippen LogP contribution in [0.1, 0.15) is 76.6 Å². The van der Waals surface area contributed by atoms with Gasteiger partial charge in [-0.05, 0) is 87.4 Å². The average Bonchev–Trinajstić information content (AvgIpc) is 3.71. The second kappa shape index (κ2) is 22.9. The summed E-state index contributed by atoms with van der Waals surface area (Å²) in [4.78, 5) is 39.7. The lowest BCUT2D eigenvalue weighted by atomic mass is 9.75. The quantitative estimate of drug-likeness (QED) is 0.0480. The summed E-state index contributed by atoms with van der Waals surface area (Å²) in [6.07, 6.45) is -2.84. The predicted octanol–water partition coefficient (Wildman–Crippen LogP) is 6.55. The van der Waals surface area contributed by atoms with E-state index in [1.54, 1.807) is 24.1 Å². The van der Waals surface area contributed by atoms with Gasteiger partial charge in [0.25, 0.3) is 5.91 Å². The number of likely N-dealkylation sites (N-methyl/N-ethyl adjacent to an activating group) is 2. The molecular formula is C52H63N7O4S. The van der Waals surface area contributed by atoms with Gasteiger partial charge in [-0.1, -0.05) is 127 Å². The number of aliphatic hydroxyl groups excluding tert-OH is 2. The number of amides is 2. The van der Waals surface area contributed by atoms with Gasteiger partial charge in [-0.25, -0.2) is 4.98 Å². The Bertz CT molecular complexity index is 2380. The lowest BCUT2D eigenvalue weighted by Crippen LogP contribution is -2.53. The smallest absolute Gasteiger partial charge is 0.254 e. The minimum atomic E-state index is -1.18. The zero-order valence-corrected chi connectivity index (χ0v) is 38.6. The Morgan fingerprint density at radius 3 is 1.50 bits per heavy atom. The maximum atomic E-state index is 15.7. The summed E-state index contributed by atoms with van der Waals surface area (Å²) in [6, 6.07) is 43.1. The van der Waals surface area contributed by atoms with Crippen molar-refractivity contribution in [1.82, 2.24) is 30.3 Å². The Balaban J connectivity index is 1.59. The van der Waals surface area contributed by atoms with Gasteiger partial charge >= 0.3 is 0 Å². The largest absolute Gasteiger partial charge is 0.389 e. The SMILES string of the molecule is Cc1csc(CN(C)C(=O)c2c(C(Cc3ccccc3)C(O)C(NCc3ccccc3)N(C)C)ccc(C(N)=O)c2C(Cc2ccccc2)C(O)C(NCc2ccccc2)N(C)C)n1. The fourth-order valence-corrected chi connectivity index (χ4v) is 9.39. The molecule has 11 nitrogen and oxygen atoms in total. The molecule has 0 saturated heterocycles. The number of thiazole rings is 1. The van der Waals surface area contributed by atoms with Gasteiger partial charge in [0.15, 0.2) is 0 Å². The number of carbonyl (C=O) groups is 2. The number of aliphatic hydroxyl groups is 2. The molecule has 2 amide bonds. The van der Waals surface area contributed by atoms with Crippen molar-refractivity contribution in [1.29, 1.82) is 0 Å². The van der Waals surface area contributed by atoms with Crippen molar-refractivity contribution < 1.29 is 19.8 Å². The van der Waals surface area contributed by atoms with Crippen LogP contribution in [-0.2, 0) is 32.5 Å². The van der Waals surface area contributed by atoms with Crippen LogP contribution in [0.3, 0.4) is 0 Å². The summed E-state index contributed by atoms with van der Waals surface area (Å²) in [7, 11) is 9.34. The van der Waals surface area contributed by atoms with Crippen LogP contribution in [0.5, 0.6) is 0 Å². The van der Waals surface area contributed by atoms with Crippen molar-refractivity contribution in [3.8, 4) is 0 Å². The van der Waals surface area contributed by atoms with Crippen LogP contribution in [0, 0.1) is 6.92 Å². The number of hydrogen-bond donors (Lipinski definition) is 5. The van der Waals surface area contributed by atoms with Gasteiger partial charge in [-0.3, -0.25) is 30.0 Å². The molecule has 0 aliphatic carbocycles. The van der Waals surface area contributed by atoms with E-state index < -0.39 is 42.3 Å². The average molecular weight is 882 g/mol. The first-order chi connectivity index (χ1) is 30.8. The highest BCUT2D eigenvalue weighted by Gasteiger charge is 2.40. The van der Waals surface area contributed by atoms with E-state index in [9.17, 15) is 15.0 Å². The zero-order valence-electron chi connectivity index (χ0n) is 37.8. The van der Waals surface area contributed by atoms with E-state index in [0.29, 0.717) is 30.6 Å². The monoisotopic (exact) mass is 881 g/mol. The van der Waals surface area contributed by atoms with E-state index in [-0.39, 0.29) is 30.0 Å². The van der Waals surface area contributed by atoms with Crippen LogP contribution in [-0.4, -0.2) is 101 Å². The first-order valence-electron chi connectivity index (χ1n) is 21.8. The van der Waals surface area contributed by atoms with Crippen molar-refractivity contribution >= 4 is 23.2 Å². The maximum absolute atomic E-state index is 15.7. The zero-order chi connectivity index (χ0) is 45.8. The first-order valence-corrected chi connectivity index (χ1v) is 22.6. The summed E-state index contributed by atoms with van der Waals surface area (Å²) in [5, 5.41) is 35.8. The van der Waals surface area contributed by atoms with E-state index in [1.165, 1.54) is 11.3 Å². The standard InChI is InChI=1S/C52H63N7O4S/c1-35-34-64-44(56-35)33-59(6)52(63)46-40(42(29-36-19-11-7-12-20-36)47(60)50(57(2)3)54-31-38-23-15-9-16-24-38)27-28-41(49(53)62)45(46)43(30-37-21-13-8-14-22-37)48(61)51(58(4)5)55-32-39-25-17-10-18-26-39/h7-28,34,42-43,47-48,50-51,54-55,60-61H,29-33H2,1-6H3,(H2,53,62). The molecule has 12 heteroatoms. The van der Waals surface area contributed by atoms with Gasteiger partial charge in [0.05, 0.1) is 31.1 Å². The van der Waals surface area contributed by atoms with Crippen molar-refractivity contribution in [3.63, 3.8) is 0 Å². The summed E-state index contributed by atoms with van der Waals surface area (Å²) in [5.41, 5.74) is 12.4. The maximum Gasteiger partial charge on any atom is 0.254 e. The summed E-state index contributed by atoms with van der Waals surface area (Å²) in [5.74, 6) is -2.64. The van der Waals surface area contributed by atoms with Crippen LogP contribution in [0.25, 0.3) is 0 Å². The number of carbonyl (C=O) groups excluding carboxylic acids is 2. The van der Waals surface area contributed by atoms with Crippen LogP contribution in [0.4, 0.5) is 0 Å². The van der Waals surface area contributed by atoms with Gasteiger partial charge in [0.2, 0.25) is 5.91 Å². The first kappa shape index (κ1) is 47.9. The topological polar surface area (TPSA) is 147 Å². The Labute approximate surface area is 382 Å². The number of nitrogens with two attached hydrogens (primary N) is 1. The van der Waals surface area contributed by atoms with Crippen LogP contribution in [0.15, 0.2) is 139 Å². The van der Waals surface area contributed by atoms with E-state index in [2.05, 4.69) is 15.6 Å². The summed E-state index contributed by atoms with van der Waals surface area (Å²) < 4.78 is 0. The highest BCUT2D eigenvalue weighted by Crippen LogP contribution is 2.40. The molecule has 64 heavy (non-hydrogen) atoms. The number of hydrogen-bond acceptors (Lipinski definition) is 10. The summed E-state index contributed by atoms with van der Waals surface area (Å²) >= 11 is 1.47. The van der Waals surface area contributed by atoms with Crippen molar-refractivity contribution in [2.24, 2.45) is 5.73 Å². The Hall–Kier alpha value is -5.57. The van der Waals surface area contributed by atoms with E-state index in [0.717, 1.165) is 33.0 Å². The molecule has 0 saturated carbocycles. The minimum absolute atomic E-state index is 0.130. The predicted molar refractivity (Wildman–Crippen MR) is 257 cm³/mol. The molecule has 0 aliphatic heterocycles. The van der Waals surface area contributed by atoms with Crippen LogP contribution in [0.2, 0.25) is 0 Å². The number of aromatic nitrogens is 1. The highest BCUT2D eigenvalue weighted by molar-refractivity contribution is 7.09. The Morgan fingerprint density at radius 1 is 0.641 bits per heavy atom. The Kier molecular flexibility index (Phi) is 17.1. The van der Waals surface area contributed by atoms with E-state index in [4.69, 9.17) is 5.73 Å². The number of rotatable bonds is 22. The molecule has 5 aromatic carbocycles. The van der Waals surface area contributed by atoms with E-state index >= 15 is 4.79 Å². The van der Waals surface area contributed by atoms with Gasteiger partial charge in [0, 0.05) is 54.2 Å². The third kappa shape index (κ3) is 12.4. The molecule has 6 unspecified atom stereocenters. The summed E-state index contributed by atoms with van der Waals surface area (Å²) in [6.45, 7) is 3.06.